The molecule has 2 aromatic rings. The Bertz CT molecular complexity index is 1100. The molecule has 0 unspecified atom stereocenters. The van der Waals surface area contributed by atoms with Crippen molar-refractivity contribution < 1.29 is 27.5 Å². The fourth-order valence-electron chi connectivity index (χ4n) is 3.69. The summed E-state index contributed by atoms with van der Waals surface area (Å²) in [5.74, 6) is -1.14. The highest BCUT2D eigenvalue weighted by molar-refractivity contribution is 7.89. The normalized spacial score (nSPS) is 16.9. The second-order valence-electron chi connectivity index (χ2n) is 7.82. The summed E-state index contributed by atoms with van der Waals surface area (Å²) >= 11 is 0. The Kier molecular flexibility index (Phi) is 7.52. The number of amides is 1. The Hall–Kier alpha value is -2.91. The van der Waals surface area contributed by atoms with Crippen LogP contribution in [0.3, 0.4) is 0 Å². The van der Waals surface area contributed by atoms with Gasteiger partial charge in [0.1, 0.15) is 10.6 Å². The molecule has 8 nitrogen and oxygen atoms in total. The molecule has 2 aromatic carbocycles. The second kappa shape index (κ2) is 10.1. The highest BCUT2D eigenvalue weighted by Crippen LogP contribution is 2.31. The average Bonchev–Trinajstić information content (AvgIpc) is 2.77. The van der Waals surface area contributed by atoms with Crippen molar-refractivity contribution in [2.24, 2.45) is 0 Å². The van der Waals surface area contributed by atoms with Crippen molar-refractivity contribution in [1.29, 1.82) is 0 Å². The van der Waals surface area contributed by atoms with Crippen LogP contribution in [0.2, 0.25) is 0 Å². The Morgan fingerprint density at radius 1 is 1.16 bits per heavy atom. The number of carbonyl (C=O) groups excluding carboxylic acids is 2. The molecule has 1 atom stereocenters. The summed E-state index contributed by atoms with van der Waals surface area (Å²) in [6.07, 6.45) is 2.53. The van der Waals surface area contributed by atoms with Crippen molar-refractivity contribution in [1.82, 2.24) is 4.31 Å². The van der Waals surface area contributed by atoms with E-state index in [4.69, 9.17) is 9.47 Å². The number of hydrogen-bond acceptors (Lipinski definition) is 6. The van der Waals surface area contributed by atoms with Crippen molar-refractivity contribution in [2.75, 3.05) is 25.6 Å². The minimum atomic E-state index is -3.86. The van der Waals surface area contributed by atoms with Crippen LogP contribution in [0, 0.1) is 6.92 Å². The van der Waals surface area contributed by atoms with Crippen LogP contribution in [0.25, 0.3) is 0 Å². The first-order chi connectivity index (χ1) is 15.2. The summed E-state index contributed by atoms with van der Waals surface area (Å²) in [6, 6.07) is 11.2. The lowest BCUT2D eigenvalue weighted by Crippen LogP contribution is -2.42. The van der Waals surface area contributed by atoms with Gasteiger partial charge in [-0.25, -0.2) is 13.2 Å². The zero-order chi connectivity index (χ0) is 23.3. The zero-order valence-corrected chi connectivity index (χ0v) is 19.3. The monoisotopic (exact) mass is 460 g/mol. The molecule has 32 heavy (non-hydrogen) atoms. The molecule has 1 amide bonds. The molecule has 0 saturated carbocycles. The molecular weight excluding hydrogens is 432 g/mol. The maximum absolute atomic E-state index is 13.3. The van der Waals surface area contributed by atoms with Crippen molar-refractivity contribution in [3.63, 3.8) is 0 Å². The number of nitrogens with one attached hydrogen (secondary N) is 1. The quantitative estimate of drug-likeness (QED) is 0.636. The fraction of sp³-hybridized carbons (Fsp3) is 0.391. The summed E-state index contributed by atoms with van der Waals surface area (Å²) in [6.45, 7) is 3.69. The largest absolute Gasteiger partial charge is 0.495 e. The van der Waals surface area contributed by atoms with Gasteiger partial charge < -0.3 is 14.8 Å². The highest BCUT2D eigenvalue weighted by atomic mass is 32.2. The van der Waals surface area contributed by atoms with E-state index in [1.165, 1.54) is 29.6 Å². The van der Waals surface area contributed by atoms with Gasteiger partial charge in [0.15, 0.2) is 6.61 Å². The first-order valence-corrected chi connectivity index (χ1v) is 11.9. The van der Waals surface area contributed by atoms with Crippen molar-refractivity contribution in [3.05, 3.63) is 53.6 Å². The molecule has 0 aromatic heterocycles. The molecule has 1 aliphatic heterocycles. The fourth-order valence-corrected chi connectivity index (χ4v) is 5.58. The topological polar surface area (TPSA) is 102 Å². The maximum atomic E-state index is 13.3. The number of rotatable bonds is 7. The van der Waals surface area contributed by atoms with E-state index < -0.39 is 28.5 Å². The van der Waals surface area contributed by atoms with Gasteiger partial charge in [0, 0.05) is 18.3 Å². The number of sulfonamides is 1. The second-order valence-corrected chi connectivity index (χ2v) is 9.68. The van der Waals surface area contributed by atoms with Gasteiger partial charge in [-0.2, -0.15) is 4.31 Å². The summed E-state index contributed by atoms with van der Waals surface area (Å²) < 4.78 is 38.3. The first-order valence-electron chi connectivity index (χ1n) is 10.5. The Labute approximate surface area is 188 Å². The molecular formula is C23H28N2O6S. The molecule has 0 radical (unpaired) electrons. The third kappa shape index (κ3) is 5.46. The molecule has 1 heterocycles. The molecule has 0 bridgehead atoms. The van der Waals surface area contributed by atoms with Gasteiger partial charge in [-0.1, -0.05) is 18.6 Å². The molecule has 9 heteroatoms. The van der Waals surface area contributed by atoms with Gasteiger partial charge in [-0.05, 0) is 62.6 Å². The zero-order valence-electron chi connectivity index (χ0n) is 18.5. The number of aryl methyl sites for hydroxylation is 1. The molecule has 1 N–H and O–H groups in total. The summed E-state index contributed by atoms with van der Waals surface area (Å²) in [5.41, 5.74) is 1.60. The molecule has 1 fully saturated rings. The van der Waals surface area contributed by atoms with Gasteiger partial charge in [-0.15, -0.1) is 0 Å². The Morgan fingerprint density at radius 2 is 1.94 bits per heavy atom. The van der Waals surface area contributed by atoms with E-state index in [9.17, 15) is 18.0 Å². The van der Waals surface area contributed by atoms with Crippen molar-refractivity contribution in [2.45, 2.75) is 44.0 Å². The number of nitrogens with zero attached hydrogens (tertiary/aromatic N) is 1. The number of benzene rings is 2. The van der Waals surface area contributed by atoms with E-state index in [-0.39, 0.29) is 22.3 Å². The van der Waals surface area contributed by atoms with Crippen molar-refractivity contribution in [3.8, 4) is 5.75 Å². The van der Waals surface area contributed by atoms with E-state index in [1.807, 2.05) is 19.9 Å². The number of methoxy groups -OCH3 is 1. The minimum absolute atomic E-state index is 0.0254. The van der Waals surface area contributed by atoms with E-state index in [1.54, 1.807) is 18.2 Å². The minimum Gasteiger partial charge on any atom is -0.495 e. The maximum Gasteiger partial charge on any atom is 0.338 e. The van der Waals surface area contributed by atoms with Gasteiger partial charge >= 0.3 is 5.97 Å². The third-order valence-electron chi connectivity index (χ3n) is 5.36. The summed E-state index contributed by atoms with van der Waals surface area (Å²) in [5, 5.41) is 2.65. The van der Waals surface area contributed by atoms with Crippen LogP contribution >= 0.6 is 0 Å². The first kappa shape index (κ1) is 23.7. The predicted molar refractivity (Wildman–Crippen MR) is 120 cm³/mol. The molecule has 0 aliphatic carbocycles. The SMILES string of the molecule is COc1ccc(C(=O)OCC(=O)Nc2cccc(C)c2)cc1S(=O)(=O)N1CCCC[C@H]1C. The molecule has 1 saturated heterocycles. The number of hydrogen-bond donors (Lipinski definition) is 1. The smallest absolute Gasteiger partial charge is 0.338 e. The Balaban J connectivity index is 1.74. The molecule has 0 spiro atoms. The Morgan fingerprint density at radius 3 is 2.62 bits per heavy atom. The van der Waals surface area contributed by atoms with Crippen molar-refractivity contribution >= 4 is 27.6 Å². The van der Waals surface area contributed by atoms with Gasteiger partial charge in [0.25, 0.3) is 5.91 Å². The lowest BCUT2D eigenvalue weighted by Gasteiger charge is -2.32. The number of ether oxygens (including phenoxy) is 2. The van der Waals surface area contributed by atoms with Crippen LogP contribution < -0.4 is 10.1 Å². The molecule has 172 valence electrons. The van der Waals surface area contributed by atoms with Crippen LogP contribution in [-0.2, 0) is 19.6 Å². The van der Waals surface area contributed by atoms with E-state index in [2.05, 4.69) is 5.32 Å². The molecule has 1 aliphatic rings. The average molecular weight is 461 g/mol. The van der Waals surface area contributed by atoms with Crippen LogP contribution in [0.5, 0.6) is 5.75 Å². The van der Waals surface area contributed by atoms with Gasteiger partial charge in [0.05, 0.1) is 12.7 Å². The van der Waals surface area contributed by atoms with E-state index >= 15 is 0 Å². The van der Waals surface area contributed by atoms with Crippen LogP contribution in [0.1, 0.15) is 42.1 Å². The number of carbonyl (C=O) groups is 2. The van der Waals surface area contributed by atoms with E-state index in [0.717, 1.165) is 24.8 Å². The van der Waals surface area contributed by atoms with Crippen LogP contribution in [0.15, 0.2) is 47.4 Å². The van der Waals surface area contributed by atoms with Gasteiger partial charge in [-0.3, -0.25) is 4.79 Å². The summed E-state index contributed by atoms with van der Waals surface area (Å²) in [4.78, 5) is 24.6. The standard InChI is InChI=1S/C23H28N2O6S/c1-16-7-6-9-19(13-16)24-22(26)15-31-23(27)18-10-11-20(30-3)21(14-18)32(28,29)25-12-5-4-8-17(25)2/h6-7,9-11,13-14,17H,4-5,8,12,15H2,1-3H3,(H,24,26)/t17-/m1/s1. The summed E-state index contributed by atoms with van der Waals surface area (Å²) in [7, 11) is -2.49. The van der Waals surface area contributed by atoms with Gasteiger partial charge in [0.2, 0.25) is 10.0 Å². The predicted octanol–water partition coefficient (Wildman–Crippen LogP) is 3.36. The number of anilines is 1. The van der Waals surface area contributed by atoms with Crippen LogP contribution in [0.4, 0.5) is 5.69 Å². The van der Waals surface area contributed by atoms with Crippen LogP contribution in [-0.4, -0.2) is 50.9 Å². The van der Waals surface area contributed by atoms with E-state index in [0.29, 0.717) is 12.2 Å². The highest BCUT2D eigenvalue weighted by Gasteiger charge is 2.33. The lowest BCUT2D eigenvalue weighted by atomic mass is 10.1. The molecule has 3 rings (SSSR count). The number of esters is 1. The number of piperidine rings is 1. The lowest BCUT2D eigenvalue weighted by molar-refractivity contribution is -0.119. The third-order valence-corrected chi connectivity index (χ3v) is 7.40.